The number of nitrogens with zero attached hydrogens (tertiary/aromatic N) is 2. The molecule has 2 N–H and O–H groups in total. The number of carbonyl (C=O) groups is 1. The molecule has 0 bridgehead atoms. The van der Waals surface area contributed by atoms with Crippen molar-refractivity contribution in [3.05, 3.63) is 30.1 Å². The van der Waals surface area contributed by atoms with Crippen LogP contribution in [-0.4, -0.2) is 28.5 Å². The zero-order valence-electron chi connectivity index (χ0n) is 21.0. The molecule has 0 unspecified atom stereocenters. The largest absolute Gasteiger partial charge is 0.360 e. The first-order valence-corrected chi connectivity index (χ1v) is 13.1. The summed E-state index contributed by atoms with van der Waals surface area (Å²) in [5.41, 5.74) is 2.18. The zero-order valence-corrected chi connectivity index (χ0v) is 21.0. The van der Waals surface area contributed by atoms with Gasteiger partial charge in [0.05, 0.1) is 12.1 Å². The van der Waals surface area contributed by atoms with Crippen molar-refractivity contribution < 1.29 is 4.79 Å². The first-order chi connectivity index (χ1) is 15.8. The standard InChI is InChI=1S/C28H42N4O/c1-5-6-7-19-8-10-20(11-9-19)21-14-23(15-21)32-26(33)17-29-27-24-16-22(28(2,3)4)12-13-25(24)30-18-31-27/h12-13,16,18-21,23H,5-11,14-15,17H2,1-4H3,(H,32,33)(H,29,30,31). The normalized spacial score (nSPS) is 25.5. The molecule has 0 saturated heterocycles. The highest BCUT2D eigenvalue weighted by atomic mass is 16.2. The SMILES string of the molecule is CCCCC1CCC(C2CC(NC(=O)CNc3ncnc4ccc(C(C)(C)C)cc34)C2)CC1. The van der Waals surface area contributed by atoms with Crippen molar-refractivity contribution in [2.24, 2.45) is 17.8 Å². The van der Waals surface area contributed by atoms with Gasteiger partial charge in [0.15, 0.2) is 0 Å². The average Bonchev–Trinajstić information content (AvgIpc) is 2.78. The van der Waals surface area contributed by atoms with Gasteiger partial charge in [0, 0.05) is 11.4 Å². The van der Waals surface area contributed by atoms with Crippen molar-refractivity contribution in [3.63, 3.8) is 0 Å². The van der Waals surface area contributed by atoms with E-state index < -0.39 is 0 Å². The second kappa shape index (κ2) is 10.4. The van der Waals surface area contributed by atoms with Gasteiger partial charge < -0.3 is 10.6 Å². The van der Waals surface area contributed by atoms with Crippen molar-refractivity contribution >= 4 is 22.6 Å². The highest BCUT2D eigenvalue weighted by Gasteiger charge is 2.37. The molecule has 4 rings (SSSR count). The van der Waals surface area contributed by atoms with E-state index in [1.165, 1.54) is 50.5 Å². The summed E-state index contributed by atoms with van der Waals surface area (Å²) in [6, 6.07) is 6.64. The minimum absolute atomic E-state index is 0.0498. The van der Waals surface area contributed by atoms with E-state index in [0.29, 0.717) is 6.04 Å². The predicted octanol–water partition coefficient (Wildman–Crippen LogP) is 6.23. The number of fused-ring (bicyclic) bond motifs is 1. The first kappa shape index (κ1) is 24.0. The number of hydrogen-bond acceptors (Lipinski definition) is 4. The van der Waals surface area contributed by atoms with E-state index in [4.69, 9.17) is 0 Å². The lowest BCUT2D eigenvalue weighted by molar-refractivity contribution is -0.121. The number of carbonyl (C=O) groups excluding carboxylic acids is 1. The molecule has 0 atom stereocenters. The monoisotopic (exact) mass is 450 g/mol. The van der Waals surface area contributed by atoms with Crippen LogP contribution >= 0.6 is 0 Å². The highest BCUT2D eigenvalue weighted by molar-refractivity contribution is 5.91. The Morgan fingerprint density at radius 2 is 1.82 bits per heavy atom. The molecule has 33 heavy (non-hydrogen) atoms. The molecule has 0 radical (unpaired) electrons. The third kappa shape index (κ3) is 6.04. The van der Waals surface area contributed by atoms with Crippen LogP contribution in [0.25, 0.3) is 10.9 Å². The quantitative estimate of drug-likeness (QED) is 0.500. The lowest BCUT2D eigenvalue weighted by atomic mass is 9.65. The zero-order chi connectivity index (χ0) is 23.4. The van der Waals surface area contributed by atoms with Crippen molar-refractivity contribution in [1.29, 1.82) is 0 Å². The number of anilines is 1. The Bertz CT molecular complexity index is 937. The fraction of sp³-hybridized carbons (Fsp3) is 0.679. The number of benzene rings is 1. The summed E-state index contributed by atoms with van der Waals surface area (Å²) < 4.78 is 0. The highest BCUT2D eigenvalue weighted by Crippen LogP contribution is 2.43. The van der Waals surface area contributed by atoms with Gasteiger partial charge in [-0.1, -0.05) is 65.9 Å². The number of nitrogens with one attached hydrogen (secondary N) is 2. The third-order valence-corrected chi connectivity index (χ3v) is 7.98. The maximum atomic E-state index is 12.6. The molecular weight excluding hydrogens is 408 g/mol. The number of hydrogen-bond donors (Lipinski definition) is 2. The van der Waals surface area contributed by atoms with Crippen LogP contribution in [0.5, 0.6) is 0 Å². The molecule has 2 aromatic rings. The molecule has 1 heterocycles. The van der Waals surface area contributed by atoms with Gasteiger partial charge in [-0.15, -0.1) is 0 Å². The molecule has 1 aromatic heterocycles. The maximum absolute atomic E-state index is 12.6. The van der Waals surface area contributed by atoms with Crippen LogP contribution < -0.4 is 10.6 Å². The van der Waals surface area contributed by atoms with E-state index >= 15 is 0 Å². The van der Waals surface area contributed by atoms with Crippen LogP contribution in [-0.2, 0) is 10.2 Å². The molecule has 0 spiro atoms. The van der Waals surface area contributed by atoms with Gasteiger partial charge in [-0.3, -0.25) is 4.79 Å². The average molecular weight is 451 g/mol. The molecule has 0 aliphatic heterocycles. The fourth-order valence-corrected chi connectivity index (χ4v) is 5.71. The van der Waals surface area contributed by atoms with E-state index in [1.54, 1.807) is 6.33 Å². The molecule has 2 fully saturated rings. The molecule has 5 nitrogen and oxygen atoms in total. The van der Waals surface area contributed by atoms with Crippen molar-refractivity contribution in [2.45, 2.75) is 96.9 Å². The summed E-state index contributed by atoms with van der Waals surface area (Å²) in [5, 5.41) is 7.45. The minimum Gasteiger partial charge on any atom is -0.360 e. The van der Waals surface area contributed by atoms with Crippen LogP contribution in [0.3, 0.4) is 0 Å². The molecule has 180 valence electrons. The van der Waals surface area contributed by atoms with E-state index in [-0.39, 0.29) is 17.9 Å². The number of aromatic nitrogens is 2. The van der Waals surface area contributed by atoms with Gasteiger partial charge in [-0.2, -0.15) is 0 Å². The first-order valence-electron chi connectivity index (χ1n) is 13.1. The lowest BCUT2D eigenvalue weighted by Crippen LogP contribution is -2.48. The number of rotatable bonds is 8. The van der Waals surface area contributed by atoms with Crippen LogP contribution in [0, 0.1) is 17.8 Å². The Hall–Kier alpha value is -2.17. The van der Waals surface area contributed by atoms with Crippen molar-refractivity contribution in [1.82, 2.24) is 15.3 Å². The summed E-state index contributed by atoms with van der Waals surface area (Å²) in [5.74, 6) is 3.46. The Morgan fingerprint density at radius 1 is 1.06 bits per heavy atom. The molecular formula is C28H42N4O. The molecule has 2 aliphatic rings. The smallest absolute Gasteiger partial charge is 0.239 e. The van der Waals surface area contributed by atoms with Crippen LogP contribution in [0.1, 0.15) is 91.0 Å². The Balaban J connectivity index is 1.23. The van der Waals surface area contributed by atoms with Gasteiger partial charge in [-0.05, 0) is 66.5 Å². The molecule has 2 aliphatic carbocycles. The second-order valence-electron chi connectivity index (χ2n) is 11.5. The van der Waals surface area contributed by atoms with Gasteiger partial charge in [-0.25, -0.2) is 9.97 Å². The van der Waals surface area contributed by atoms with Gasteiger partial charge in [0.1, 0.15) is 12.1 Å². The fourth-order valence-electron chi connectivity index (χ4n) is 5.71. The summed E-state index contributed by atoms with van der Waals surface area (Å²) in [6.07, 6.45) is 13.7. The molecule has 1 amide bonds. The van der Waals surface area contributed by atoms with Gasteiger partial charge in [0.25, 0.3) is 0 Å². The topological polar surface area (TPSA) is 66.9 Å². The maximum Gasteiger partial charge on any atom is 0.239 e. The van der Waals surface area contributed by atoms with Gasteiger partial charge in [0.2, 0.25) is 5.91 Å². The van der Waals surface area contributed by atoms with Crippen LogP contribution in [0.4, 0.5) is 5.82 Å². The third-order valence-electron chi connectivity index (χ3n) is 7.98. The summed E-state index contributed by atoms with van der Waals surface area (Å²) in [6.45, 7) is 9.13. The van der Waals surface area contributed by atoms with E-state index in [0.717, 1.165) is 47.3 Å². The molecule has 5 heteroatoms. The molecule has 2 saturated carbocycles. The predicted molar refractivity (Wildman–Crippen MR) is 136 cm³/mol. The summed E-state index contributed by atoms with van der Waals surface area (Å²) >= 11 is 0. The second-order valence-corrected chi connectivity index (χ2v) is 11.5. The van der Waals surface area contributed by atoms with E-state index in [2.05, 4.69) is 60.4 Å². The van der Waals surface area contributed by atoms with Crippen molar-refractivity contribution in [2.75, 3.05) is 11.9 Å². The van der Waals surface area contributed by atoms with Gasteiger partial charge >= 0.3 is 0 Å². The van der Waals surface area contributed by atoms with Crippen molar-refractivity contribution in [3.8, 4) is 0 Å². The lowest BCUT2D eigenvalue weighted by Gasteiger charge is -2.43. The minimum atomic E-state index is 0.0498. The van der Waals surface area contributed by atoms with Crippen LogP contribution in [0.2, 0.25) is 0 Å². The summed E-state index contributed by atoms with van der Waals surface area (Å²) in [7, 11) is 0. The van der Waals surface area contributed by atoms with E-state index in [9.17, 15) is 4.79 Å². The van der Waals surface area contributed by atoms with E-state index in [1.807, 2.05) is 6.07 Å². The summed E-state index contributed by atoms with van der Waals surface area (Å²) in [4.78, 5) is 21.4. The molecule has 1 aromatic carbocycles. The van der Waals surface area contributed by atoms with Crippen LogP contribution in [0.15, 0.2) is 24.5 Å². The Labute approximate surface area is 199 Å². The number of unbranched alkanes of at least 4 members (excludes halogenated alkanes) is 1. The number of amides is 1. The Morgan fingerprint density at radius 3 is 2.52 bits per heavy atom. The Kier molecular flexibility index (Phi) is 7.55.